The molecule has 2 aromatic carbocycles. The van der Waals surface area contributed by atoms with Gasteiger partial charge in [0.25, 0.3) is 0 Å². The maximum atomic E-state index is 13.5. The molecular formula is C29H32N4O2. The molecule has 1 saturated heterocycles. The number of fused-ring (bicyclic) bond motifs is 1. The monoisotopic (exact) mass is 468 g/mol. The number of amides is 1. The van der Waals surface area contributed by atoms with Crippen molar-refractivity contribution in [1.29, 1.82) is 0 Å². The normalized spacial score (nSPS) is 15.6. The van der Waals surface area contributed by atoms with Crippen LogP contribution >= 0.6 is 0 Å². The standard InChI is InChI=1S/C29H32N4O2/c1-20-10-11-27-23(15-20)16-24(29(30-27)26-9-5-4-7-21(26)2)17-32(18-25-8-6-14-35-25)28(34)19-33-13-12-22(3)31-33/h4-5,7,9-13,15-16,25H,6,8,14,17-19H2,1-3H3/t25-/m0/s1. The number of rotatable bonds is 7. The lowest BCUT2D eigenvalue weighted by Gasteiger charge is -2.27. The average molecular weight is 469 g/mol. The SMILES string of the molecule is Cc1ccc2nc(-c3ccccc3C)c(CN(C[C@@H]3CCCO3)C(=O)Cn3ccc(C)n3)cc2c1. The topological polar surface area (TPSA) is 60.3 Å². The molecule has 0 radical (unpaired) electrons. The van der Waals surface area contributed by atoms with E-state index >= 15 is 0 Å². The molecule has 0 N–H and O–H groups in total. The number of benzene rings is 2. The summed E-state index contributed by atoms with van der Waals surface area (Å²) in [7, 11) is 0. The molecule has 6 heteroatoms. The quantitative estimate of drug-likeness (QED) is 0.373. The Labute approximate surface area is 206 Å². The summed E-state index contributed by atoms with van der Waals surface area (Å²) in [6.45, 7) is 8.14. The Kier molecular flexibility index (Phi) is 6.64. The number of pyridine rings is 1. The molecule has 0 unspecified atom stereocenters. The molecule has 35 heavy (non-hydrogen) atoms. The van der Waals surface area contributed by atoms with Crippen molar-refractivity contribution in [3.05, 3.63) is 83.2 Å². The van der Waals surface area contributed by atoms with Gasteiger partial charge in [-0.05, 0) is 69.0 Å². The van der Waals surface area contributed by atoms with Crippen molar-refractivity contribution in [3.8, 4) is 11.3 Å². The van der Waals surface area contributed by atoms with Crippen molar-refractivity contribution >= 4 is 16.8 Å². The Morgan fingerprint density at radius 2 is 1.97 bits per heavy atom. The van der Waals surface area contributed by atoms with Crippen molar-refractivity contribution in [2.45, 2.75) is 52.8 Å². The molecule has 0 aliphatic carbocycles. The molecule has 180 valence electrons. The molecule has 6 nitrogen and oxygen atoms in total. The minimum absolute atomic E-state index is 0.0312. The Hall–Kier alpha value is -3.51. The summed E-state index contributed by atoms with van der Waals surface area (Å²) in [6, 6.07) is 18.8. The molecule has 1 fully saturated rings. The largest absolute Gasteiger partial charge is 0.376 e. The molecule has 0 spiro atoms. The van der Waals surface area contributed by atoms with Gasteiger partial charge in [-0.25, -0.2) is 4.98 Å². The first-order valence-electron chi connectivity index (χ1n) is 12.3. The zero-order valence-electron chi connectivity index (χ0n) is 20.7. The van der Waals surface area contributed by atoms with Crippen LogP contribution in [-0.4, -0.2) is 44.8 Å². The Bertz CT molecular complexity index is 1350. The minimum atomic E-state index is 0.0312. The van der Waals surface area contributed by atoms with Crippen molar-refractivity contribution in [2.75, 3.05) is 13.2 Å². The van der Waals surface area contributed by atoms with Crippen molar-refractivity contribution in [3.63, 3.8) is 0 Å². The number of ether oxygens (including phenoxy) is 1. The van der Waals surface area contributed by atoms with E-state index in [2.05, 4.69) is 55.3 Å². The van der Waals surface area contributed by atoms with E-state index in [9.17, 15) is 4.79 Å². The maximum absolute atomic E-state index is 13.5. The number of aromatic nitrogens is 3. The summed E-state index contributed by atoms with van der Waals surface area (Å²) in [5, 5.41) is 5.51. The van der Waals surface area contributed by atoms with Crippen LogP contribution in [0.4, 0.5) is 0 Å². The van der Waals surface area contributed by atoms with E-state index in [4.69, 9.17) is 9.72 Å². The first-order valence-corrected chi connectivity index (χ1v) is 12.3. The van der Waals surface area contributed by atoms with Crippen LogP contribution in [0.15, 0.2) is 60.8 Å². The highest BCUT2D eigenvalue weighted by molar-refractivity contribution is 5.85. The van der Waals surface area contributed by atoms with Gasteiger partial charge in [-0.1, -0.05) is 35.9 Å². The van der Waals surface area contributed by atoms with Gasteiger partial charge < -0.3 is 9.64 Å². The van der Waals surface area contributed by atoms with Gasteiger partial charge in [0.15, 0.2) is 0 Å². The molecule has 2 aromatic heterocycles. The fraction of sp³-hybridized carbons (Fsp3) is 0.345. The number of carbonyl (C=O) groups is 1. The predicted octanol–water partition coefficient (Wildman–Crippen LogP) is 5.23. The summed E-state index contributed by atoms with van der Waals surface area (Å²) in [6.07, 6.45) is 3.94. The Balaban J connectivity index is 1.54. The van der Waals surface area contributed by atoms with Gasteiger partial charge in [0.1, 0.15) is 6.54 Å². The van der Waals surface area contributed by atoms with Gasteiger partial charge in [0.2, 0.25) is 5.91 Å². The zero-order chi connectivity index (χ0) is 24.4. The third kappa shape index (κ3) is 5.28. The van der Waals surface area contributed by atoms with E-state index in [-0.39, 0.29) is 18.6 Å². The zero-order valence-corrected chi connectivity index (χ0v) is 20.7. The highest BCUT2D eigenvalue weighted by atomic mass is 16.5. The molecule has 4 aromatic rings. The molecule has 5 rings (SSSR count). The molecule has 1 aliphatic heterocycles. The van der Waals surface area contributed by atoms with Crippen molar-refractivity contribution in [1.82, 2.24) is 19.7 Å². The number of hydrogen-bond acceptors (Lipinski definition) is 4. The van der Waals surface area contributed by atoms with Gasteiger partial charge >= 0.3 is 0 Å². The molecule has 1 aliphatic rings. The fourth-order valence-electron chi connectivity index (χ4n) is 4.82. The van der Waals surface area contributed by atoms with Crippen LogP contribution in [-0.2, 0) is 22.6 Å². The Morgan fingerprint density at radius 3 is 2.71 bits per heavy atom. The fourth-order valence-corrected chi connectivity index (χ4v) is 4.82. The summed E-state index contributed by atoms with van der Waals surface area (Å²) < 4.78 is 7.63. The second-order valence-electron chi connectivity index (χ2n) is 9.57. The van der Waals surface area contributed by atoms with E-state index in [1.807, 2.05) is 36.2 Å². The van der Waals surface area contributed by atoms with Gasteiger partial charge in [0, 0.05) is 36.8 Å². The third-order valence-electron chi connectivity index (χ3n) is 6.68. The summed E-state index contributed by atoms with van der Waals surface area (Å²) >= 11 is 0. The molecule has 0 bridgehead atoms. The average Bonchev–Trinajstić information content (AvgIpc) is 3.50. The summed E-state index contributed by atoms with van der Waals surface area (Å²) in [4.78, 5) is 20.6. The molecule has 3 heterocycles. The van der Waals surface area contributed by atoms with Crippen LogP contribution in [0.2, 0.25) is 0 Å². The van der Waals surface area contributed by atoms with Crippen LogP contribution in [0.5, 0.6) is 0 Å². The number of nitrogens with zero attached hydrogens (tertiary/aromatic N) is 4. The van der Waals surface area contributed by atoms with Crippen LogP contribution < -0.4 is 0 Å². The lowest BCUT2D eigenvalue weighted by atomic mass is 9.98. The van der Waals surface area contributed by atoms with Gasteiger partial charge in [-0.2, -0.15) is 5.10 Å². The van der Waals surface area contributed by atoms with E-state index in [1.54, 1.807) is 4.68 Å². The molecule has 1 atom stereocenters. The third-order valence-corrected chi connectivity index (χ3v) is 6.68. The van der Waals surface area contributed by atoms with E-state index in [0.717, 1.165) is 58.4 Å². The number of carbonyl (C=O) groups excluding carboxylic acids is 1. The van der Waals surface area contributed by atoms with Crippen LogP contribution in [0, 0.1) is 20.8 Å². The van der Waals surface area contributed by atoms with E-state index in [0.29, 0.717) is 13.1 Å². The highest BCUT2D eigenvalue weighted by Gasteiger charge is 2.25. The predicted molar refractivity (Wildman–Crippen MR) is 138 cm³/mol. The minimum Gasteiger partial charge on any atom is -0.376 e. The highest BCUT2D eigenvalue weighted by Crippen LogP contribution is 2.30. The van der Waals surface area contributed by atoms with Gasteiger partial charge in [-0.3, -0.25) is 9.48 Å². The summed E-state index contributed by atoms with van der Waals surface area (Å²) in [5.74, 6) is 0.0312. The van der Waals surface area contributed by atoms with Crippen LogP contribution in [0.1, 0.15) is 35.2 Å². The molecule has 0 saturated carbocycles. The van der Waals surface area contributed by atoms with Crippen molar-refractivity contribution < 1.29 is 9.53 Å². The second-order valence-corrected chi connectivity index (χ2v) is 9.57. The summed E-state index contributed by atoms with van der Waals surface area (Å²) in [5.41, 5.74) is 7.28. The molecule has 1 amide bonds. The van der Waals surface area contributed by atoms with E-state index < -0.39 is 0 Å². The second kappa shape index (κ2) is 10.0. The first-order chi connectivity index (χ1) is 17.0. The lowest BCUT2D eigenvalue weighted by molar-refractivity contribution is -0.134. The van der Waals surface area contributed by atoms with Crippen LogP contribution in [0.3, 0.4) is 0 Å². The number of hydrogen-bond donors (Lipinski definition) is 0. The van der Waals surface area contributed by atoms with Gasteiger partial charge in [-0.15, -0.1) is 0 Å². The van der Waals surface area contributed by atoms with Crippen molar-refractivity contribution in [2.24, 2.45) is 0 Å². The maximum Gasteiger partial charge on any atom is 0.244 e. The van der Waals surface area contributed by atoms with E-state index in [1.165, 1.54) is 5.56 Å². The Morgan fingerprint density at radius 1 is 1.11 bits per heavy atom. The lowest BCUT2D eigenvalue weighted by Crippen LogP contribution is -2.39. The number of aryl methyl sites for hydroxylation is 3. The first kappa shape index (κ1) is 23.2. The van der Waals surface area contributed by atoms with Gasteiger partial charge in [0.05, 0.1) is 23.0 Å². The smallest absolute Gasteiger partial charge is 0.244 e. The van der Waals surface area contributed by atoms with Crippen LogP contribution in [0.25, 0.3) is 22.2 Å². The molecular weight excluding hydrogens is 436 g/mol.